The fourth-order valence-corrected chi connectivity index (χ4v) is 4.60. The van der Waals surface area contributed by atoms with Crippen LogP contribution in [0.15, 0.2) is 36.8 Å². The average Bonchev–Trinajstić information content (AvgIpc) is 3.27. The zero-order chi connectivity index (χ0) is 19.6. The first-order chi connectivity index (χ1) is 14.2. The second-order valence-electron chi connectivity index (χ2n) is 8.10. The highest BCUT2D eigenvalue weighted by Gasteiger charge is 2.30. The summed E-state index contributed by atoms with van der Waals surface area (Å²) in [6.07, 6.45) is 11.5. The zero-order valence-electron chi connectivity index (χ0n) is 16.2. The Bertz CT molecular complexity index is 946. The van der Waals surface area contributed by atoms with Crippen LogP contribution in [-0.4, -0.2) is 49.1 Å². The van der Waals surface area contributed by atoms with Crippen LogP contribution in [0.4, 0.5) is 5.95 Å². The Hall–Kier alpha value is -3.00. The Kier molecular flexibility index (Phi) is 4.85. The van der Waals surface area contributed by atoms with Crippen LogP contribution in [0, 0.1) is 5.92 Å². The first-order valence-electron chi connectivity index (χ1n) is 10.3. The third-order valence-electron chi connectivity index (χ3n) is 6.03. The van der Waals surface area contributed by atoms with Gasteiger partial charge in [-0.2, -0.15) is 5.10 Å². The maximum atomic E-state index is 10.4. The number of piperidine rings is 2. The molecule has 2 unspecified atom stereocenters. The van der Waals surface area contributed by atoms with Crippen LogP contribution in [0.2, 0.25) is 0 Å². The molecule has 0 radical (unpaired) electrons. The van der Waals surface area contributed by atoms with E-state index in [4.69, 9.17) is 0 Å². The molecule has 5 rings (SSSR count). The minimum absolute atomic E-state index is 0.141. The zero-order valence-corrected chi connectivity index (χ0v) is 16.2. The molecule has 0 spiro atoms. The number of aromatic nitrogens is 5. The number of phenolic OH excluding ortho intramolecular Hbond substituents is 1. The van der Waals surface area contributed by atoms with Crippen LogP contribution in [-0.2, 0) is 0 Å². The van der Waals surface area contributed by atoms with Gasteiger partial charge in [-0.05, 0) is 49.3 Å². The Labute approximate surface area is 169 Å². The molecule has 2 aliphatic heterocycles. The van der Waals surface area contributed by atoms with Gasteiger partial charge in [0.15, 0.2) is 0 Å². The van der Waals surface area contributed by atoms with Crippen molar-refractivity contribution in [2.75, 3.05) is 11.9 Å². The van der Waals surface area contributed by atoms with Gasteiger partial charge in [0.05, 0.1) is 12.4 Å². The molecule has 2 saturated heterocycles. The van der Waals surface area contributed by atoms with Crippen molar-refractivity contribution >= 4 is 5.95 Å². The number of hydrogen-bond donors (Lipinski definition) is 4. The summed E-state index contributed by atoms with van der Waals surface area (Å²) in [4.78, 5) is 4.40. The highest BCUT2D eigenvalue weighted by atomic mass is 16.3. The molecule has 0 aliphatic carbocycles. The Morgan fingerprint density at radius 3 is 2.62 bits per heavy atom. The molecule has 2 aromatic heterocycles. The third kappa shape index (κ3) is 3.93. The molecule has 4 heterocycles. The first kappa shape index (κ1) is 18.1. The minimum Gasteiger partial charge on any atom is -0.507 e. The number of anilines is 1. The normalized spacial score (nSPS) is 23.7. The summed E-state index contributed by atoms with van der Waals surface area (Å²) >= 11 is 0. The number of nitrogens with zero attached hydrogens (tertiary/aromatic N) is 4. The molecule has 8 heteroatoms. The largest absolute Gasteiger partial charge is 0.507 e. The van der Waals surface area contributed by atoms with E-state index in [1.807, 2.05) is 12.1 Å². The summed E-state index contributed by atoms with van der Waals surface area (Å²) in [5.41, 5.74) is 2.95. The summed E-state index contributed by atoms with van der Waals surface area (Å²) in [6, 6.07) is 6.78. The Balaban J connectivity index is 1.23. The second kappa shape index (κ2) is 7.79. The van der Waals surface area contributed by atoms with Crippen molar-refractivity contribution in [3.05, 3.63) is 36.8 Å². The number of phenols is 1. The van der Waals surface area contributed by atoms with E-state index in [9.17, 15) is 5.11 Å². The van der Waals surface area contributed by atoms with E-state index in [1.165, 1.54) is 32.1 Å². The number of aromatic amines is 1. The molecule has 3 aromatic rings. The fourth-order valence-electron chi connectivity index (χ4n) is 4.60. The van der Waals surface area contributed by atoms with Gasteiger partial charge in [-0.15, -0.1) is 10.2 Å². The van der Waals surface area contributed by atoms with Crippen molar-refractivity contribution in [2.24, 2.45) is 5.92 Å². The number of aromatic hydroxyl groups is 1. The number of rotatable bonds is 5. The fraction of sp³-hybridized carbons (Fsp3) is 0.429. The van der Waals surface area contributed by atoms with Crippen molar-refractivity contribution in [3.8, 4) is 28.1 Å². The van der Waals surface area contributed by atoms with Crippen LogP contribution in [0.3, 0.4) is 0 Å². The number of nitrogens with one attached hydrogen (secondary N) is 3. The maximum absolute atomic E-state index is 10.4. The summed E-state index contributed by atoms with van der Waals surface area (Å²) in [6.45, 7) is 0.875. The van der Waals surface area contributed by atoms with E-state index in [1.54, 1.807) is 24.7 Å². The minimum atomic E-state index is 0.141. The molecule has 8 nitrogen and oxygen atoms in total. The van der Waals surface area contributed by atoms with Gasteiger partial charge in [-0.1, -0.05) is 12.5 Å². The lowest BCUT2D eigenvalue weighted by Crippen LogP contribution is -2.49. The molecule has 2 bridgehead atoms. The van der Waals surface area contributed by atoms with Crippen LogP contribution in [0.5, 0.6) is 5.75 Å². The van der Waals surface area contributed by atoms with Gasteiger partial charge >= 0.3 is 0 Å². The van der Waals surface area contributed by atoms with Crippen LogP contribution in [0.25, 0.3) is 22.4 Å². The number of H-pyrrole nitrogens is 1. The summed E-state index contributed by atoms with van der Waals surface area (Å²) < 4.78 is 0. The monoisotopic (exact) mass is 391 g/mol. The number of hydrogen-bond acceptors (Lipinski definition) is 7. The lowest BCUT2D eigenvalue weighted by Gasteiger charge is -2.40. The standard InChI is InChI=1S/C21H25N7O/c29-20-8-14(15-10-24-25-11-15)4-5-18(20)19-12-23-21(28-27-19)22-9-13-6-16-2-1-3-17(7-13)26-16/h4-5,8,10-13,16-17,26,29H,1-3,6-7,9H2,(H,24,25)(H,22,23,28). The van der Waals surface area contributed by atoms with Crippen molar-refractivity contribution in [1.82, 2.24) is 30.7 Å². The molecular formula is C21H25N7O. The molecule has 1 aromatic carbocycles. The average molecular weight is 391 g/mol. The molecule has 2 aliphatic rings. The quantitative estimate of drug-likeness (QED) is 0.529. The highest BCUT2D eigenvalue weighted by molar-refractivity contribution is 5.73. The van der Waals surface area contributed by atoms with Crippen molar-refractivity contribution in [3.63, 3.8) is 0 Å². The molecule has 4 N–H and O–H groups in total. The number of fused-ring (bicyclic) bond motifs is 2. The summed E-state index contributed by atoms with van der Waals surface area (Å²) in [5.74, 6) is 1.32. The smallest absolute Gasteiger partial charge is 0.242 e. The van der Waals surface area contributed by atoms with Crippen LogP contribution >= 0.6 is 0 Å². The van der Waals surface area contributed by atoms with Gasteiger partial charge in [0.25, 0.3) is 0 Å². The van der Waals surface area contributed by atoms with E-state index in [2.05, 4.69) is 36.0 Å². The summed E-state index contributed by atoms with van der Waals surface area (Å²) in [7, 11) is 0. The van der Waals surface area contributed by atoms with Gasteiger partial charge < -0.3 is 15.7 Å². The van der Waals surface area contributed by atoms with Gasteiger partial charge in [0, 0.05) is 36.0 Å². The first-order valence-corrected chi connectivity index (χ1v) is 10.3. The second-order valence-corrected chi connectivity index (χ2v) is 8.10. The predicted octanol–water partition coefficient (Wildman–Crippen LogP) is 2.97. The van der Waals surface area contributed by atoms with Crippen LogP contribution in [0.1, 0.15) is 32.1 Å². The molecule has 29 heavy (non-hydrogen) atoms. The maximum Gasteiger partial charge on any atom is 0.242 e. The molecule has 2 fully saturated rings. The number of benzene rings is 1. The molecule has 0 amide bonds. The van der Waals surface area contributed by atoms with E-state index < -0.39 is 0 Å². The van der Waals surface area contributed by atoms with Gasteiger partial charge in [-0.3, -0.25) is 5.10 Å². The van der Waals surface area contributed by atoms with Crippen molar-refractivity contribution < 1.29 is 5.11 Å². The van der Waals surface area contributed by atoms with E-state index in [0.717, 1.165) is 17.7 Å². The van der Waals surface area contributed by atoms with Gasteiger partial charge in [-0.25, -0.2) is 4.98 Å². The van der Waals surface area contributed by atoms with E-state index in [-0.39, 0.29) is 5.75 Å². The van der Waals surface area contributed by atoms with Gasteiger partial charge in [0.1, 0.15) is 11.4 Å². The van der Waals surface area contributed by atoms with E-state index in [0.29, 0.717) is 35.2 Å². The third-order valence-corrected chi connectivity index (χ3v) is 6.03. The SMILES string of the molecule is Oc1cc(-c2cn[nH]c2)ccc1-c1cnc(NCC2CC3CCCC(C2)N3)nn1. The molecular weight excluding hydrogens is 366 g/mol. The Morgan fingerprint density at radius 2 is 1.93 bits per heavy atom. The summed E-state index contributed by atoms with van der Waals surface area (Å²) in [5, 5.41) is 32.7. The predicted molar refractivity (Wildman–Crippen MR) is 110 cm³/mol. The Morgan fingerprint density at radius 1 is 1.07 bits per heavy atom. The highest BCUT2D eigenvalue weighted by Crippen LogP contribution is 2.32. The van der Waals surface area contributed by atoms with Crippen LogP contribution < -0.4 is 10.6 Å². The van der Waals surface area contributed by atoms with Crippen molar-refractivity contribution in [2.45, 2.75) is 44.2 Å². The van der Waals surface area contributed by atoms with Gasteiger partial charge in [0.2, 0.25) is 5.95 Å². The molecule has 0 saturated carbocycles. The van der Waals surface area contributed by atoms with E-state index >= 15 is 0 Å². The topological polar surface area (TPSA) is 112 Å². The lowest BCUT2D eigenvalue weighted by molar-refractivity contribution is 0.192. The van der Waals surface area contributed by atoms with Crippen molar-refractivity contribution in [1.29, 1.82) is 0 Å². The molecule has 2 atom stereocenters. The molecule has 150 valence electrons. The lowest BCUT2D eigenvalue weighted by atomic mass is 9.80.